The number of hydrogen-bond acceptors (Lipinski definition) is 8. The van der Waals surface area contributed by atoms with Crippen LogP contribution in [0.3, 0.4) is 0 Å². The molecule has 0 saturated carbocycles. The van der Waals surface area contributed by atoms with Crippen LogP contribution in [0, 0.1) is 0 Å². The molecule has 0 fully saturated rings. The van der Waals surface area contributed by atoms with Gasteiger partial charge >= 0.3 is 0 Å². The van der Waals surface area contributed by atoms with Gasteiger partial charge in [-0.2, -0.15) is 0 Å². The van der Waals surface area contributed by atoms with E-state index in [0.717, 1.165) is 74.3 Å². The Balaban J connectivity index is 1.52. The first kappa shape index (κ1) is 31.8. The number of fused-ring (bicyclic) bond motifs is 7. The maximum absolute atomic E-state index is 10.4. The van der Waals surface area contributed by atoms with Crippen molar-refractivity contribution in [3.8, 4) is 23.0 Å². The van der Waals surface area contributed by atoms with E-state index >= 15 is 0 Å². The van der Waals surface area contributed by atoms with Crippen molar-refractivity contribution in [2.75, 3.05) is 41.7 Å². The van der Waals surface area contributed by atoms with E-state index in [-0.39, 0.29) is 6.61 Å². The Morgan fingerprint density at radius 3 is 2.00 bits per heavy atom. The third-order valence-corrected chi connectivity index (χ3v) is 9.87. The van der Waals surface area contributed by atoms with Gasteiger partial charge < -0.3 is 38.6 Å². The average Bonchev–Trinajstić information content (AvgIpc) is 3.41. The van der Waals surface area contributed by atoms with Crippen LogP contribution in [0.5, 0.6) is 23.0 Å². The smallest absolute Gasteiger partial charge is 0.178 e. The van der Waals surface area contributed by atoms with E-state index in [1.807, 2.05) is 67.6 Å². The van der Waals surface area contributed by atoms with Crippen LogP contribution in [-0.4, -0.2) is 58.0 Å². The van der Waals surface area contributed by atoms with Crippen LogP contribution in [0.1, 0.15) is 47.6 Å². The molecule has 1 aliphatic heterocycles. The summed E-state index contributed by atoms with van der Waals surface area (Å²) in [4.78, 5) is 0. The van der Waals surface area contributed by atoms with E-state index in [1.165, 1.54) is 5.57 Å². The summed E-state index contributed by atoms with van der Waals surface area (Å²) < 4.78 is 36.5. The highest BCUT2D eigenvalue weighted by Crippen LogP contribution is 2.59. The molecular formula is C40H40O8. The van der Waals surface area contributed by atoms with Crippen LogP contribution in [-0.2, 0) is 20.7 Å². The van der Waals surface area contributed by atoms with Crippen molar-refractivity contribution in [3.05, 3.63) is 118 Å². The van der Waals surface area contributed by atoms with Gasteiger partial charge in [-0.3, -0.25) is 0 Å². The first-order valence-electron chi connectivity index (χ1n) is 16.1. The molecule has 8 heteroatoms. The molecule has 248 valence electrons. The molecule has 4 aromatic carbocycles. The van der Waals surface area contributed by atoms with Gasteiger partial charge in [0.1, 0.15) is 34.7 Å². The molecule has 2 unspecified atom stereocenters. The second-order valence-electron chi connectivity index (χ2n) is 12.4. The Labute approximate surface area is 280 Å². The van der Waals surface area contributed by atoms with Gasteiger partial charge in [-0.15, -0.1) is 0 Å². The molecule has 2 aliphatic carbocycles. The standard InChI is InChI=1S/C40H40O8/c1-39(47-23-26(42)22-41)35-21-30(46-5)15-17-32(35)36-31-16-14-29(45-4)20-34(31)38-33(37(36)39)18-19-40(48-38,24-6-10-27(43-2)11-7-24)25-8-12-28(44-3)13-9-25/h6-14,16,18-21,26,41-42H,15,17,22-23H2,1-5H3. The van der Waals surface area contributed by atoms with Crippen LogP contribution >= 0.6 is 0 Å². The normalized spacial score (nSPS) is 19.5. The maximum Gasteiger partial charge on any atom is 0.178 e. The number of aliphatic hydroxyl groups is 2. The van der Waals surface area contributed by atoms with Gasteiger partial charge in [-0.05, 0) is 90.1 Å². The lowest BCUT2D eigenvalue weighted by Gasteiger charge is -2.39. The predicted octanol–water partition coefficient (Wildman–Crippen LogP) is 6.89. The molecule has 0 spiro atoms. The number of aliphatic hydroxyl groups excluding tert-OH is 2. The molecule has 0 amide bonds. The van der Waals surface area contributed by atoms with Crippen molar-refractivity contribution in [1.29, 1.82) is 0 Å². The number of methoxy groups -OCH3 is 4. The fraction of sp³-hybridized carbons (Fsp3) is 0.300. The lowest BCUT2D eigenvalue weighted by molar-refractivity contribution is -0.0620. The summed E-state index contributed by atoms with van der Waals surface area (Å²) in [7, 11) is 6.65. The van der Waals surface area contributed by atoms with Crippen LogP contribution in [0.25, 0.3) is 22.4 Å². The molecule has 2 atom stereocenters. The minimum atomic E-state index is -1.03. The van der Waals surface area contributed by atoms with E-state index in [9.17, 15) is 10.2 Å². The number of hydrogen-bond donors (Lipinski definition) is 2. The van der Waals surface area contributed by atoms with Crippen LogP contribution < -0.4 is 18.9 Å². The summed E-state index contributed by atoms with van der Waals surface area (Å²) in [5.74, 6) is 3.75. The van der Waals surface area contributed by atoms with Gasteiger partial charge in [0.25, 0.3) is 0 Å². The number of allylic oxidation sites excluding steroid dienone is 2. The highest BCUT2D eigenvalue weighted by atomic mass is 16.5. The highest BCUT2D eigenvalue weighted by Gasteiger charge is 2.48. The summed E-state index contributed by atoms with van der Waals surface area (Å²) in [6, 6.07) is 21.9. The largest absolute Gasteiger partial charge is 0.501 e. The molecule has 0 saturated heterocycles. The highest BCUT2D eigenvalue weighted by molar-refractivity contribution is 6.06. The van der Waals surface area contributed by atoms with Crippen LogP contribution in [0.4, 0.5) is 0 Å². The lowest BCUT2D eigenvalue weighted by atomic mass is 9.80. The van der Waals surface area contributed by atoms with E-state index in [4.69, 9.17) is 28.4 Å². The monoisotopic (exact) mass is 648 g/mol. The quantitative estimate of drug-likeness (QED) is 0.192. The topological polar surface area (TPSA) is 95.8 Å². The van der Waals surface area contributed by atoms with Gasteiger partial charge in [-0.25, -0.2) is 0 Å². The fourth-order valence-corrected chi connectivity index (χ4v) is 7.36. The molecule has 0 aromatic heterocycles. The Morgan fingerprint density at radius 1 is 0.792 bits per heavy atom. The molecule has 1 heterocycles. The molecule has 0 radical (unpaired) electrons. The second-order valence-corrected chi connectivity index (χ2v) is 12.4. The zero-order chi connectivity index (χ0) is 33.6. The Bertz CT molecular complexity index is 1910. The van der Waals surface area contributed by atoms with Gasteiger partial charge in [0, 0.05) is 34.1 Å². The molecule has 48 heavy (non-hydrogen) atoms. The fourth-order valence-electron chi connectivity index (χ4n) is 7.36. The number of ether oxygens (including phenoxy) is 6. The van der Waals surface area contributed by atoms with E-state index in [1.54, 1.807) is 28.4 Å². The van der Waals surface area contributed by atoms with Crippen LogP contribution in [0.15, 0.2) is 90.2 Å². The first-order valence-corrected chi connectivity index (χ1v) is 16.1. The van der Waals surface area contributed by atoms with Crippen molar-refractivity contribution >= 4 is 22.4 Å². The van der Waals surface area contributed by atoms with Gasteiger partial charge in [0.15, 0.2) is 5.60 Å². The van der Waals surface area contributed by atoms with E-state index < -0.39 is 23.9 Å². The van der Waals surface area contributed by atoms with Crippen molar-refractivity contribution in [3.63, 3.8) is 0 Å². The molecule has 3 aliphatic rings. The van der Waals surface area contributed by atoms with Gasteiger partial charge in [-0.1, -0.05) is 30.3 Å². The lowest BCUT2D eigenvalue weighted by Crippen LogP contribution is -2.36. The van der Waals surface area contributed by atoms with Gasteiger partial charge in [0.2, 0.25) is 0 Å². The summed E-state index contributed by atoms with van der Waals surface area (Å²) in [5.41, 5.74) is 4.92. The summed E-state index contributed by atoms with van der Waals surface area (Å²) in [5, 5.41) is 22.0. The van der Waals surface area contributed by atoms with E-state index in [2.05, 4.69) is 24.3 Å². The molecule has 7 rings (SSSR count). The van der Waals surface area contributed by atoms with Crippen LogP contribution in [0.2, 0.25) is 0 Å². The summed E-state index contributed by atoms with van der Waals surface area (Å²) in [6.07, 6.45) is 6.78. The third kappa shape index (κ3) is 4.94. The third-order valence-electron chi connectivity index (χ3n) is 9.87. The Kier molecular flexibility index (Phi) is 8.19. The second kappa shape index (κ2) is 12.4. The minimum absolute atomic E-state index is 0.0546. The van der Waals surface area contributed by atoms with E-state index in [0.29, 0.717) is 11.5 Å². The van der Waals surface area contributed by atoms with Crippen molar-refractivity contribution in [2.45, 2.75) is 37.1 Å². The molecular weight excluding hydrogens is 608 g/mol. The van der Waals surface area contributed by atoms with Crippen molar-refractivity contribution in [2.24, 2.45) is 0 Å². The zero-order valence-electron chi connectivity index (χ0n) is 27.8. The predicted molar refractivity (Wildman–Crippen MR) is 185 cm³/mol. The van der Waals surface area contributed by atoms with Crippen molar-refractivity contribution < 1.29 is 38.6 Å². The Morgan fingerprint density at radius 2 is 1.42 bits per heavy atom. The average molecular weight is 649 g/mol. The summed E-state index contributed by atoms with van der Waals surface area (Å²) >= 11 is 0. The van der Waals surface area contributed by atoms with Crippen molar-refractivity contribution in [1.82, 2.24) is 0 Å². The zero-order valence-corrected chi connectivity index (χ0v) is 27.8. The number of rotatable bonds is 10. The number of benzene rings is 4. The molecule has 8 nitrogen and oxygen atoms in total. The molecule has 0 bridgehead atoms. The Hall–Kier alpha value is -4.76. The maximum atomic E-state index is 10.4. The van der Waals surface area contributed by atoms with Gasteiger partial charge in [0.05, 0.1) is 47.4 Å². The molecule has 4 aromatic rings. The minimum Gasteiger partial charge on any atom is -0.501 e. The first-order chi connectivity index (χ1) is 23.3. The molecule has 2 N–H and O–H groups in total. The SMILES string of the molecule is COC1=CC2=C(CC1)c1c(c3c(c4cc(OC)ccc14)OC(c1ccc(OC)cc1)(c1ccc(OC)cc1)C=C3)C2(C)OCC(O)CO. The summed E-state index contributed by atoms with van der Waals surface area (Å²) in [6.45, 7) is 1.57.